The molecule has 22 heavy (non-hydrogen) atoms. The Hall–Kier alpha value is -2.26. The molecule has 3 heterocycles. The topological polar surface area (TPSA) is 44.5 Å². The Morgan fingerprint density at radius 3 is 2.77 bits per heavy atom. The van der Waals surface area contributed by atoms with Gasteiger partial charge in [0.25, 0.3) is 0 Å². The van der Waals surface area contributed by atoms with Crippen LogP contribution in [-0.2, 0) is 0 Å². The highest BCUT2D eigenvalue weighted by Gasteiger charge is 2.11. The highest BCUT2D eigenvalue weighted by atomic mass is 35.5. The van der Waals surface area contributed by atoms with E-state index >= 15 is 0 Å². The van der Waals surface area contributed by atoms with Crippen LogP contribution in [0.1, 0.15) is 25.5 Å². The number of aromatic nitrogens is 3. The summed E-state index contributed by atoms with van der Waals surface area (Å²) in [6.07, 6.45) is 3.75. The van der Waals surface area contributed by atoms with E-state index in [9.17, 15) is 0 Å². The summed E-state index contributed by atoms with van der Waals surface area (Å²) >= 11 is 6.50. The minimum absolute atomic E-state index is 0.465. The lowest BCUT2D eigenvalue weighted by molar-refractivity contribution is 0.836. The molecule has 0 spiro atoms. The van der Waals surface area contributed by atoms with Gasteiger partial charge in [-0.25, -0.2) is 4.98 Å². The van der Waals surface area contributed by atoms with Crippen LogP contribution in [-0.4, -0.2) is 15.0 Å². The number of nitrogens with one attached hydrogen (secondary N) is 2. The van der Waals surface area contributed by atoms with Crippen LogP contribution in [0.25, 0.3) is 33.1 Å². The first-order valence-electron chi connectivity index (χ1n) is 7.37. The van der Waals surface area contributed by atoms with Crippen molar-refractivity contribution in [3.8, 4) is 11.1 Å². The van der Waals surface area contributed by atoms with Crippen molar-refractivity contribution in [1.82, 2.24) is 15.0 Å². The van der Waals surface area contributed by atoms with Crippen LogP contribution < -0.4 is 0 Å². The third-order valence-electron chi connectivity index (χ3n) is 4.06. The summed E-state index contributed by atoms with van der Waals surface area (Å²) in [5.41, 5.74) is 5.25. The number of rotatable bonds is 2. The molecule has 2 N–H and O–H groups in total. The maximum atomic E-state index is 6.50. The Morgan fingerprint density at radius 1 is 1.09 bits per heavy atom. The monoisotopic (exact) mass is 309 g/mol. The van der Waals surface area contributed by atoms with Crippen LogP contribution >= 0.6 is 11.6 Å². The number of nitrogens with zero attached hydrogens (tertiary/aromatic N) is 1. The minimum Gasteiger partial charge on any atom is -0.358 e. The number of benzene rings is 1. The summed E-state index contributed by atoms with van der Waals surface area (Å²) in [5, 5.41) is 2.98. The number of H-pyrrole nitrogens is 2. The van der Waals surface area contributed by atoms with E-state index < -0.39 is 0 Å². The molecular formula is C18H16ClN3. The third-order valence-corrected chi connectivity index (χ3v) is 4.38. The molecule has 0 amide bonds. The maximum Gasteiger partial charge on any atom is 0.137 e. The van der Waals surface area contributed by atoms with Gasteiger partial charge in [0.1, 0.15) is 5.65 Å². The zero-order valence-corrected chi connectivity index (χ0v) is 13.2. The number of aromatic amines is 2. The summed E-state index contributed by atoms with van der Waals surface area (Å²) in [6, 6.07) is 10.4. The van der Waals surface area contributed by atoms with Gasteiger partial charge in [-0.15, -0.1) is 0 Å². The number of fused-ring (bicyclic) bond motifs is 2. The van der Waals surface area contributed by atoms with Gasteiger partial charge in [-0.2, -0.15) is 0 Å². The van der Waals surface area contributed by atoms with Crippen LogP contribution in [0.2, 0.25) is 5.02 Å². The fraction of sp³-hybridized carbons (Fsp3) is 0.167. The molecule has 4 aromatic rings. The molecule has 0 radical (unpaired) electrons. The van der Waals surface area contributed by atoms with Crippen molar-refractivity contribution in [2.45, 2.75) is 19.8 Å². The second kappa shape index (κ2) is 4.89. The van der Waals surface area contributed by atoms with Gasteiger partial charge in [0.15, 0.2) is 0 Å². The van der Waals surface area contributed by atoms with Crippen molar-refractivity contribution in [3.63, 3.8) is 0 Å². The third kappa shape index (κ3) is 2.09. The van der Waals surface area contributed by atoms with Crippen LogP contribution in [0.5, 0.6) is 0 Å². The Morgan fingerprint density at radius 2 is 1.95 bits per heavy atom. The molecule has 0 atom stereocenters. The molecule has 0 aliphatic rings. The zero-order valence-electron chi connectivity index (χ0n) is 12.4. The van der Waals surface area contributed by atoms with Crippen molar-refractivity contribution >= 4 is 33.5 Å². The van der Waals surface area contributed by atoms with Gasteiger partial charge in [-0.1, -0.05) is 25.4 Å². The van der Waals surface area contributed by atoms with Gasteiger partial charge in [0, 0.05) is 50.5 Å². The summed E-state index contributed by atoms with van der Waals surface area (Å²) in [4.78, 5) is 11.0. The van der Waals surface area contributed by atoms with Gasteiger partial charge in [0.05, 0.1) is 0 Å². The van der Waals surface area contributed by atoms with E-state index in [1.165, 1.54) is 5.69 Å². The first kappa shape index (κ1) is 13.4. The summed E-state index contributed by atoms with van der Waals surface area (Å²) in [5.74, 6) is 0.465. The predicted molar refractivity (Wildman–Crippen MR) is 92.5 cm³/mol. The maximum absolute atomic E-state index is 6.50. The predicted octanol–water partition coefficient (Wildman–Crippen LogP) is 5.49. The van der Waals surface area contributed by atoms with Gasteiger partial charge >= 0.3 is 0 Å². The van der Waals surface area contributed by atoms with Crippen molar-refractivity contribution in [3.05, 3.63) is 53.4 Å². The van der Waals surface area contributed by atoms with Gasteiger partial charge in [-0.05, 0) is 36.2 Å². The molecular weight excluding hydrogens is 294 g/mol. The average molecular weight is 310 g/mol. The molecule has 0 fully saturated rings. The molecule has 4 rings (SSSR count). The highest BCUT2D eigenvalue weighted by Crippen LogP contribution is 2.34. The number of hydrogen-bond donors (Lipinski definition) is 2. The molecule has 4 heteroatoms. The second-order valence-corrected chi connectivity index (χ2v) is 6.35. The largest absolute Gasteiger partial charge is 0.358 e. The van der Waals surface area contributed by atoms with Crippen LogP contribution in [0.15, 0.2) is 42.7 Å². The minimum atomic E-state index is 0.465. The van der Waals surface area contributed by atoms with E-state index in [4.69, 9.17) is 11.6 Å². The first-order valence-corrected chi connectivity index (χ1v) is 7.75. The molecule has 110 valence electrons. The van der Waals surface area contributed by atoms with Crippen LogP contribution in [0.3, 0.4) is 0 Å². The van der Waals surface area contributed by atoms with Crippen molar-refractivity contribution in [2.24, 2.45) is 0 Å². The van der Waals surface area contributed by atoms with Gasteiger partial charge in [0.2, 0.25) is 0 Å². The fourth-order valence-corrected chi connectivity index (χ4v) is 3.08. The average Bonchev–Trinajstić information content (AvgIpc) is 3.11. The van der Waals surface area contributed by atoms with Crippen molar-refractivity contribution in [2.75, 3.05) is 0 Å². The van der Waals surface area contributed by atoms with Crippen LogP contribution in [0.4, 0.5) is 0 Å². The fourth-order valence-electron chi connectivity index (χ4n) is 2.79. The number of halogens is 1. The number of hydrogen-bond acceptors (Lipinski definition) is 1. The smallest absolute Gasteiger partial charge is 0.137 e. The first-order chi connectivity index (χ1) is 10.6. The van der Waals surface area contributed by atoms with E-state index in [-0.39, 0.29) is 0 Å². The van der Waals surface area contributed by atoms with Crippen molar-refractivity contribution < 1.29 is 0 Å². The molecule has 0 aliphatic heterocycles. The number of pyridine rings is 1. The van der Waals surface area contributed by atoms with E-state index in [0.29, 0.717) is 5.92 Å². The Kier molecular flexibility index (Phi) is 2.98. The summed E-state index contributed by atoms with van der Waals surface area (Å²) < 4.78 is 0. The Labute approximate surface area is 133 Å². The lowest BCUT2D eigenvalue weighted by Crippen LogP contribution is -1.85. The molecule has 0 unspecified atom stereocenters. The van der Waals surface area contributed by atoms with E-state index in [0.717, 1.165) is 38.1 Å². The zero-order chi connectivity index (χ0) is 15.3. The standard InChI is InChI=1S/C18H16ClN3/c1-10(2)16-7-12-6-15(19)14(8-17(12)22-16)13-5-11-3-4-20-18(11)21-9-13/h3-10,22H,1-2H3,(H,20,21). The Balaban J connectivity index is 1.91. The van der Waals surface area contributed by atoms with E-state index in [1.807, 2.05) is 24.5 Å². The molecule has 0 aliphatic carbocycles. The lowest BCUT2D eigenvalue weighted by Gasteiger charge is -2.05. The molecule has 0 saturated carbocycles. The molecule has 3 aromatic heterocycles. The Bertz CT molecular complexity index is 979. The van der Waals surface area contributed by atoms with Gasteiger partial charge in [-0.3, -0.25) is 0 Å². The van der Waals surface area contributed by atoms with Crippen molar-refractivity contribution in [1.29, 1.82) is 0 Å². The second-order valence-electron chi connectivity index (χ2n) is 5.94. The highest BCUT2D eigenvalue weighted by molar-refractivity contribution is 6.34. The van der Waals surface area contributed by atoms with E-state index in [2.05, 4.69) is 47.0 Å². The van der Waals surface area contributed by atoms with Gasteiger partial charge < -0.3 is 9.97 Å². The quantitative estimate of drug-likeness (QED) is 0.505. The van der Waals surface area contributed by atoms with E-state index in [1.54, 1.807) is 0 Å². The summed E-state index contributed by atoms with van der Waals surface area (Å²) in [6.45, 7) is 4.36. The molecule has 3 nitrogen and oxygen atoms in total. The lowest BCUT2D eigenvalue weighted by atomic mass is 10.0. The molecule has 0 saturated heterocycles. The summed E-state index contributed by atoms with van der Waals surface area (Å²) in [7, 11) is 0. The molecule has 1 aromatic carbocycles. The molecule has 0 bridgehead atoms. The SMILES string of the molecule is CC(C)c1cc2cc(Cl)c(-c3cnc4[nH]ccc4c3)cc2[nH]1. The normalized spacial score (nSPS) is 11.8. The van der Waals surface area contributed by atoms with Crippen LogP contribution in [0, 0.1) is 0 Å².